The molecular weight excluding hydrogens is 372 g/mol. The Bertz CT molecular complexity index is 916. The molecule has 0 atom stereocenters. The molecule has 140 valence electrons. The van der Waals surface area contributed by atoms with Crippen molar-refractivity contribution < 1.29 is 18.3 Å². The summed E-state index contributed by atoms with van der Waals surface area (Å²) in [6, 6.07) is 8.40. The molecule has 0 unspecified atom stereocenters. The number of hydrogen-bond donors (Lipinski definition) is 1. The van der Waals surface area contributed by atoms with Gasteiger partial charge in [0.2, 0.25) is 0 Å². The SMILES string of the molecule is C=Cc1ccc(OCC(C(=O)C2CC2)=C(N)c2c(F)cccc2F)cc1Cl. The molecule has 2 aromatic rings. The summed E-state index contributed by atoms with van der Waals surface area (Å²) < 4.78 is 33.9. The van der Waals surface area contributed by atoms with Crippen LogP contribution in [0.25, 0.3) is 11.8 Å². The Balaban J connectivity index is 1.93. The number of hydrogen-bond acceptors (Lipinski definition) is 3. The van der Waals surface area contributed by atoms with Crippen LogP contribution in [0.5, 0.6) is 5.75 Å². The lowest BCUT2D eigenvalue weighted by atomic mass is 10.0. The highest BCUT2D eigenvalue weighted by atomic mass is 35.5. The topological polar surface area (TPSA) is 52.3 Å². The van der Waals surface area contributed by atoms with Crippen molar-refractivity contribution in [2.45, 2.75) is 12.8 Å². The van der Waals surface area contributed by atoms with Crippen LogP contribution in [-0.4, -0.2) is 12.4 Å². The van der Waals surface area contributed by atoms with Gasteiger partial charge in [-0.25, -0.2) is 8.78 Å². The van der Waals surface area contributed by atoms with Crippen molar-refractivity contribution in [3.63, 3.8) is 0 Å². The van der Waals surface area contributed by atoms with E-state index in [1.165, 1.54) is 6.07 Å². The maximum Gasteiger partial charge on any atom is 0.167 e. The largest absolute Gasteiger partial charge is 0.489 e. The second-order valence-corrected chi connectivity index (χ2v) is 6.71. The number of ether oxygens (including phenoxy) is 1. The second kappa shape index (κ2) is 7.92. The van der Waals surface area contributed by atoms with Gasteiger partial charge in [-0.3, -0.25) is 4.79 Å². The van der Waals surface area contributed by atoms with Crippen LogP contribution >= 0.6 is 11.6 Å². The molecular formula is C21H18ClF2NO2. The zero-order valence-corrected chi connectivity index (χ0v) is 15.2. The number of carbonyl (C=O) groups excluding carboxylic acids is 1. The number of rotatable bonds is 7. The highest BCUT2D eigenvalue weighted by Crippen LogP contribution is 2.35. The molecule has 0 spiro atoms. The van der Waals surface area contributed by atoms with Gasteiger partial charge in [-0.15, -0.1) is 0 Å². The van der Waals surface area contributed by atoms with Crippen LogP contribution in [0.15, 0.2) is 48.6 Å². The van der Waals surface area contributed by atoms with Gasteiger partial charge in [0.25, 0.3) is 0 Å². The summed E-state index contributed by atoms with van der Waals surface area (Å²) in [5.41, 5.74) is 6.15. The fraction of sp³-hybridized carbons (Fsp3) is 0.190. The number of carbonyl (C=O) groups is 1. The smallest absolute Gasteiger partial charge is 0.167 e. The highest BCUT2D eigenvalue weighted by molar-refractivity contribution is 6.32. The Kier molecular flexibility index (Phi) is 5.61. The molecule has 0 radical (unpaired) electrons. The van der Waals surface area contributed by atoms with Gasteiger partial charge in [-0.1, -0.05) is 30.3 Å². The molecule has 3 rings (SSSR count). The van der Waals surface area contributed by atoms with E-state index in [1.54, 1.807) is 24.3 Å². The van der Waals surface area contributed by atoms with Crippen LogP contribution in [0.2, 0.25) is 5.02 Å². The third-order valence-corrected chi connectivity index (χ3v) is 4.71. The van der Waals surface area contributed by atoms with Crippen molar-refractivity contribution in [1.82, 2.24) is 0 Å². The molecule has 6 heteroatoms. The van der Waals surface area contributed by atoms with E-state index in [2.05, 4.69) is 6.58 Å². The zero-order chi connectivity index (χ0) is 19.6. The maximum atomic E-state index is 14.1. The van der Waals surface area contributed by atoms with Crippen LogP contribution < -0.4 is 10.5 Å². The minimum absolute atomic E-state index is 0.0606. The van der Waals surface area contributed by atoms with E-state index in [4.69, 9.17) is 22.1 Å². The van der Waals surface area contributed by atoms with Crippen molar-refractivity contribution in [3.8, 4) is 5.75 Å². The molecule has 0 amide bonds. The van der Waals surface area contributed by atoms with Crippen LogP contribution in [0, 0.1) is 17.6 Å². The predicted octanol–water partition coefficient (Wildman–Crippen LogP) is 4.99. The normalized spacial score (nSPS) is 14.5. The van der Waals surface area contributed by atoms with Crippen molar-refractivity contribution in [2.24, 2.45) is 11.7 Å². The zero-order valence-electron chi connectivity index (χ0n) is 14.5. The van der Waals surface area contributed by atoms with E-state index in [9.17, 15) is 13.6 Å². The molecule has 1 saturated carbocycles. The molecule has 1 aliphatic carbocycles. The Morgan fingerprint density at radius 2 is 1.93 bits per heavy atom. The van der Waals surface area contributed by atoms with Crippen LogP contribution in [0.4, 0.5) is 8.78 Å². The maximum absolute atomic E-state index is 14.1. The Labute approximate surface area is 161 Å². The molecule has 0 saturated heterocycles. The fourth-order valence-electron chi connectivity index (χ4n) is 2.70. The summed E-state index contributed by atoms with van der Waals surface area (Å²) in [5, 5.41) is 0.440. The molecule has 2 N–H and O–H groups in total. The first-order valence-electron chi connectivity index (χ1n) is 8.44. The van der Waals surface area contributed by atoms with E-state index < -0.39 is 17.2 Å². The molecule has 3 nitrogen and oxygen atoms in total. The average Bonchev–Trinajstić information content (AvgIpc) is 3.47. The average molecular weight is 390 g/mol. The first-order valence-corrected chi connectivity index (χ1v) is 8.82. The predicted molar refractivity (Wildman–Crippen MR) is 102 cm³/mol. The monoisotopic (exact) mass is 389 g/mol. The van der Waals surface area contributed by atoms with E-state index in [-0.39, 0.29) is 29.6 Å². The highest BCUT2D eigenvalue weighted by Gasteiger charge is 2.34. The summed E-state index contributed by atoms with van der Waals surface area (Å²) >= 11 is 6.11. The molecule has 0 heterocycles. The Hall–Kier alpha value is -2.66. The molecule has 0 aliphatic heterocycles. The summed E-state index contributed by atoms with van der Waals surface area (Å²) in [4.78, 5) is 12.6. The standard InChI is InChI=1S/C21H18ClF2NO2/c1-2-12-8-9-14(10-16(12)22)27-11-15(21(26)13-6-7-13)20(25)19-17(23)4-3-5-18(19)24/h2-5,8-10,13H,1,6-7,11,25H2. The molecule has 2 aromatic carbocycles. The fourth-order valence-corrected chi connectivity index (χ4v) is 2.95. The van der Waals surface area contributed by atoms with Gasteiger partial charge in [0, 0.05) is 5.92 Å². The van der Waals surface area contributed by atoms with Crippen molar-refractivity contribution >= 4 is 29.2 Å². The summed E-state index contributed by atoms with van der Waals surface area (Å²) in [7, 11) is 0. The molecule has 0 bridgehead atoms. The Morgan fingerprint density at radius 3 is 2.48 bits per heavy atom. The third-order valence-electron chi connectivity index (χ3n) is 4.38. The minimum Gasteiger partial charge on any atom is -0.489 e. The number of ketones is 1. The molecule has 0 aromatic heterocycles. The Morgan fingerprint density at radius 1 is 1.26 bits per heavy atom. The van der Waals surface area contributed by atoms with Crippen LogP contribution in [0.3, 0.4) is 0 Å². The van der Waals surface area contributed by atoms with Crippen LogP contribution in [-0.2, 0) is 4.79 Å². The van der Waals surface area contributed by atoms with E-state index >= 15 is 0 Å². The number of Topliss-reactive ketones (excluding diaryl/α,β-unsaturated/α-hetero) is 1. The molecule has 1 fully saturated rings. The first kappa shape index (κ1) is 19.1. The van der Waals surface area contributed by atoms with Gasteiger partial charge in [0.1, 0.15) is 24.0 Å². The lowest BCUT2D eigenvalue weighted by Crippen LogP contribution is -2.19. The van der Waals surface area contributed by atoms with Gasteiger partial charge in [0.15, 0.2) is 5.78 Å². The number of nitrogens with two attached hydrogens (primary N) is 1. The van der Waals surface area contributed by atoms with Crippen LogP contribution in [0.1, 0.15) is 24.0 Å². The van der Waals surface area contributed by atoms with Crippen molar-refractivity contribution in [1.29, 1.82) is 0 Å². The number of halogens is 3. The quantitative estimate of drug-likeness (QED) is 0.679. The van der Waals surface area contributed by atoms with Gasteiger partial charge in [-0.2, -0.15) is 0 Å². The number of benzene rings is 2. The van der Waals surface area contributed by atoms with Crippen molar-refractivity contribution in [3.05, 3.63) is 76.3 Å². The van der Waals surface area contributed by atoms with Gasteiger partial charge in [0.05, 0.1) is 21.9 Å². The minimum atomic E-state index is -0.827. The van der Waals surface area contributed by atoms with Gasteiger partial charge < -0.3 is 10.5 Å². The van der Waals surface area contributed by atoms with Crippen molar-refractivity contribution in [2.75, 3.05) is 6.61 Å². The molecule has 1 aliphatic rings. The van der Waals surface area contributed by atoms with Gasteiger partial charge >= 0.3 is 0 Å². The summed E-state index contributed by atoms with van der Waals surface area (Å²) in [6.07, 6.45) is 3.07. The lowest BCUT2D eigenvalue weighted by molar-refractivity contribution is -0.116. The van der Waals surface area contributed by atoms with Gasteiger partial charge in [-0.05, 0) is 48.7 Å². The van der Waals surface area contributed by atoms with E-state index in [0.717, 1.165) is 30.5 Å². The lowest BCUT2D eigenvalue weighted by Gasteiger charge is -2.14. The molecule has 27 heavy (non-hydrogen) atoms. The third kappa shape index (κ3) is 4.19. The summed E-state index contributed by atoms with van der Waals surface area (Å²) in [6.45, 7) is 3.44. The first-order chi connectivity index (χ1) is 12.9. The second-order valence-electron chi connectivity index (χ2n) is 6.30. The van der Waals surface area contributed by atoms with E-state index in [1.807, 2.05) is 0 Å². The summed E-state index contributed by atoms with van der Waals surface area (Å²) in [5.74, 6) is -1.67. The van der Waals surface area contributed by atoms with E-state index in [0.29, 0.717) is 10.8 Å².